The van der Waals surface area contributed by atoms with E-state index in [1.807, 2.05) is 6.92 Å². The van der Waals surface area contributed by atoms with Crippen molar-refractivity contribution >= 4 is 39.9 Å². The SMILES string of the molecule is CCOc1ccc(C(=O)NCC(=O)OC(C)C(=O)Nc2nc(-c3cccc([N+](=O)[O-])c3)cs2)cc1. The van der Waals surface area contributed by atoms with E-state index in [2.05, 4.69) is 15.6 Å². The highest BCUT2D eigenvalue weighted by molar-refractivity contribution is 7.14. The van der Waals surface area contributed by atoms with Gasteiger partial charge in [-0.2, -0.15) is 0 Å². The van der Waals surface area contributed by atoms with E-state index in [0.29, 0.717) is 29.2 Å². The first-order valence-electron chi connectivity index (χ1n) is 10.5. The van der Waals surface area contributed by atoms with E-state index in [1.165, 1.54) is 19.1 Å². The van der Waals surface area contributed by atoms with E-state index >= 15 is 0 Å². The third-order valence-corrected chi connectivity index (χ3v) is 5.34. The summed E-state index contributed by atoms with van der Waals surface area (Å²) in [4.78, 5) is 51.3. The zero-order valence-electron chi connectivity index (χ0n) is 18.8. The van der Waals surface area contributed by atoms with Gasteiger partial charge in [0.1, 0.15) is 12.3 Å². The lowest BCUT2D eigenvalue weighted by Gasteiger charge is -2.13. The summed E-state index contributed by atoms with van der Waals surface area (Å²) >= 11 is 1.12. The lowest BCUT2D eigenvalue weighted by Crippen LogP contribution is -2.35. The number of aromatic nitrogens is 1. The Morgan fingerprint density at radius 1 is 1.17 bits per heavy atom. The minimum Gasteiger partial charge on any atom is -0.494 e. The van der Waals surface area contributed by atoms with Crippen molar-refractivity contribution in [1.29, 1.82) is 0 Å². The number of anilines is 1. The van der Waals surface area contributed by atoms with Gasteiger partial charge in [-0.15, -0.1) is 11.3 Å². The van der Waals surface area contributed by atoms with Crippen LogP contribution in [0.15, 0.2) is 53.9 Å². The first-order chi connectivity index (χ1) is 16.8. The van der Waals surface area contributed by atoms with Crippen molar-refractivity contribution in [3.63, 3.8) is 0 Å². The van der Waals surface area contributed by atoms with Gasteiger partial charge < -0.3 is 14.8 Å². The number of nitrogens with one attached hydrogen (secondary N) is 2. The van der Waals surface area contributed by atoms with Gasteiger partial charge in [-0.25, -0.2) is 4.98 Å². The van der Waals surface area contributed by atoms with E-state index in [4.69, 9.17) is 9.47 Å². The first-order valence-corrected chi connectivity index (χ1v) is 11.4. The Bertz CT molecular complexity index is 1230. The van der Waals surface area contributed by atoms with Crippen LogP contribution in [0.25, 0.3) is 11.3 Å². The Morgan fingerprint density at radius 3 is 2.60 bits per heavy atom. The molecule has 0 aliphatic heterocycles. The third-order valence-electron chi connectivity index (χ3n) is 4.59. The molecule has 35 heavy (non-hydrogen) atoms. The highest BCUT2D eigenvalue weighted by Gasteiger charge is 2.20. The zero-order chi connectivity index (χ0) is 25.4. The number of carbonyl (C=O) groups is 3. The summed E-state index contributed by atoms with van der Waals surface area (Å²) in [6.45, 7) is 3.32. The van der Waals surface area contributed by atoms with Crippen molar-refractivity contribution in [2.24, 2.45) is 0 Å². The lowest BCUT2D eigenvalue weighted by atomic mass is 10.1. The maximum atomic E-state index is 12.4. The maximum Gasteiger partial charge on any atom is 0.326 e. The van der Waals surface area contributed by atoms with E-state index in [-0.39, 0.29) is 10.8 Å². The van der Waals surface area contributed by atoms with Crippen LogP contribution >= 0.6 is 11.3 Å². The number of nitro groups is 1. The number of benzene rings is 2. The van der Waals surface area contributed by atoms with Gasteiger partial charge in [0.25, 0.3) is 17.5 Å². The van der Waals surface area contributed by atoms with Crippen molar-refractivity contribution in [1.82, 2.24) is 10.3 Å². The van der Waals surface area contributed by atoms with Gasteiger partial charge in [0.2, 0.25) is 0 Å². The van der Waals surface area contributed by atoms with Gasteiger partial charge in [0.15, 0.2) is 11.2 Å². The minimum absolute atomic E-state index is 0.0729. The summed E-state index contributed by atoms with van der Waals surface area (Å²) < 4.78 is 10.4. The average Bonchev–Trinajstić information content (AvgIpc) is 3.31. The summed E-state index contributed by atoms with van der Waals surface area (Å²) in [6.07, 6.45) is -1.14. The number of thiazole rings is 1. The van der Waals surface area contributed by atoms with Crippen LogP contribution in [0.2, 0.25) is 0 Å². The van der Waals surface area contributed by atoms with Crippen LogP contribution in [-0.4, -0.2) is 46.9 Å². The second-order valence-corrected chi connectivity index (χ2v) is 7.96. The summed E-state index contributed by atoms with van der Waals surface area (Å²) in [5.41, 5.74) is 1.25. The highest BCUT2D eigenvalue weighted by atomic mass is 32.1. The number of non-ortho nitro benzene ring substituents is 1. The number of carbonyl (C=O) groups excluding carboxylic acids is 3. The van der Waals surface area contributed by atoms with Crippen LogP contribution in [0.1, 0.15) is 24.2 Å². The number of nitro benzene ring substituents is 1. The number of hydrogen-bond acceptors (Lipinski definition) is 9. The second kappa shape index (κ2) is 11.7. The number of amides is 2. The monoisotopic (exact) mass is 498 g/mol. The Balaban J connectivity index is 1.48. The van der Waals surface area contributed by atoms with Gasteiger partial charge >= 0.3 is 5.97 Å². The molecular weight excluding hydrogens is 476 g/mol. The van der Waals surface area contributed by atoms with Crippen molar-refractivity contribution in [2.75, 3.05) is 18.5 Å². The van der Waals surface area contributed by atoms with Gasteiger partial charge in [-0.05, 0) is 38.1 Å². The molecule has 1 aromatic heterocycles. The van der Waals surface area contributed by atoms with Crippen LogP contribution in [-0.2, 0) is 14.3 Å². The van der Waals surface area contributed by atoms with E-state index < -0.39 is 35.4 Å². The van der Waals surface area contributed by atoms with Crippen LogP contribution in [0.5, 0.6) is 5.75 Å². The first kappa shape index (κ1) is 25.3. The molecule has 1 atom stereocenters. The molecule has 0 saturated heterocycles. The van der Waals surface area contributed by atoms with Gasteiger partial charge in [0, 0.05) is 28.6 Å². The number of esters is 1. The normalized spacial score (nSPS) is 11.3. The molecule has 1 unspecified atom stereocenters. The fourth-order valence-corrected chi connectivity index (χ4v) is 3.59. The molecule has 2 N–H and O–H groups in total. The van der Waals surface area contributed by atoms with Crippen molar-refractivity contribution in [2.45, 2.75) is 20.0 Å². The van der Waals surface area contributed by atoms with Gasteiger partial charge in [0.05, 0.1) is 17.2 Å². The molecule has 0 bridgehead atoms. The Labute approximate surface area is 204 Å². The standard InChI is InChI=1S/C23H22N4O7S/c1-3-33-18-9-7-15(8-10-18)22(30)24-12-20(28)34-14(2)21(29)26-23-25-19(13-35-23)16-5-4-6-17(11-16)27(31)32/h4-11,13-14H,3,12H2,1-2H3,(H,24,30)(H,25,26,29). The van der Waals surface area contributed by atoms with E-state index in [1.54, 1.807) is 41.8 Å². The molecule has 3 aromatic rings. The molecule has 2 amide bonds. The molecule has 0 aliphatic carbocycles. The van der Waals surface area contributed by atoms with Crippen LogP contribution in [0.4, 0.5) is 10.8 Å². The van der Waals surface area contributed by atoms with E-state index in [0.717, 1.165) is 11.3 Å². The smallest absolute Gasteiger partial charge is 0.326 e. The predicted octanol–water partition coefficient (Wildman–Crippen LogP) is 3.42. The summed E-state index contributed by atoms with van der Waals surface area (Å²) in [6, 6.07) is 12.4. The second-order valence-electron chi connectivity index (χ2n) is 7.11. The molecule has 0 spiro atoms. The molecule has 2 aromatic carbocycles. The van der Waals surface area contributed by atoms with Gasteiger partial charge in [-0.1, -0.05) is 12.1 Å². The Kier molecular flexibility index (Phi) is 8.46. The molecule has 1 heterocycles. The number of ether oxygens (including phenoxy) is 2. The molecule has 12 heteroatoms. The molecule has 0 aliphatic rings. The molecule has 3 rings (SSSR count). The fourth-order valence-electron chi connectivity index (χ4n) is 2.87. The molecule has 0 radical (unpaired) electrons. The zero-order valence-corrected chi connectivity index (χ0v) is 19.7. The third kappa shape index (κ3) is 7.08. The number of nitrogens with zero attached hydrogens (tertiary/aromatic N) is 2. The summed E-state index contributed by atoms with van der Waals surface area (Å²) in [5.74, 6) is -1.25. The van der Waals surface area contributed by atoms with Crippen molar-refractivity contribution in [3.05, 3.63) is 69.6 Å². The van der Waals surface area contributed by atoms with Crippen LogP contribution in [0, 0.1) is 10.1 Å². The highest BCUT2D eigenvalue weighted by Crippen LogP contribution is 2.27. The number of hydrogen-bond donors (Lipinski definition) is 2. The largest absolute Gasteiger partial charge is 0.494 e. The average molecular weight is 499 g/mol. The van der Waals surface area contributed by atoms with Crippen molar-refractivity contribution < 1.29 is 28.8 Å². The topological polar surface area (TPSA) is 150 Å². The maximum absolute atomic E-state index is 12.4. The fraction of sp³-hybridized carbons (Fsp3) is 0.217. The van der Waals surface area contributed by atoms with Crippen LogP contribution < -0.4 is 15.4 Å². The predicted molar refractivity (Wildman–Crippen MR) is 128 cm³/mol. The Morgan fingerprint density at radius 2 is 1.91 bits per heavy atom. The quantitative estimate of drug-likeness (QED) is 0.245. The molecule has 182 valence electrons. The summed E-state index contributed by atoms with van der Waals surface area (Å²) in [5, 5.41) is 17.8. The Hall–Kier alpha value is -4.32. The van der Waals surface area contributed by atoms with E-state index in [9.17, 15) is 24.5 Å². The lowest BCUT2D eigenvalue weighted by molar-refractivity contribution is -0.384. The van der Waals surface area contributed by atoms with Gasteiger partial charge in [-0.3, -0.25) is 29.8 Å². The molecule has 0 saturated carbocycles. The molecule has 0 fully saturated rings. The van der Waals surface area contributed by atoms with Crippen molar-refractivity contribution in [3.8, 4) is 17.0 Å². The molecule has 11 nitrogen and oxygen atoms in total. The number of rotatable bonds is 10. The minimum atomic E-state index is -1.14. The van der Waals surface area contributed by atoms with Crippen LogP contribution in [0.3, 0.4) is 0 Å². The summed E-state index contributed by atoms with van der Waals surface area (Å²) in [7, 11) is 0. The molecular formula is C23H22N4O7S.